The van der Waals surface area contributed by atoms with Crippen molar-refractivity contribution in [3.63, 3.8) is 0 Å². The van der Waals surface area contributed by atoms with E-state index in [1.807, 2.05) is 0 Å². The van der Waals surface area contributed by atoms with Crippen LogP contribution in [0.5, 0.6) is 0 Å². The Bertz CT molecular complexity index is 199. The molecule has 0 bridgehead atoms. The molecule has 2 aliphatic carbocycles. The van der Waals surface area contributed by atoms with Gasteiger partial charge in [0.15, 0.2) is 0 Å². The van der Waals surface area contributed by atoms with Gasteiger partial charge >= 0.3 is 25.8 Å². The summed E-state index contributed by atoms with van der Waals surface area (Å²) in [6, 6.07) is 0. The molecule has 0 saturated heterocycles. The number of hydrogen-bond acceptors (Lipinski definition) is 5. The summed E-state index contributed by atoms with van der Waals surface area (Å²) in [6.07, 6.45) is 5.48. The SMILES string of the molecule is O=C([O-])C1CCC1.O=C([O-])C1CCC1.[In+3].[OH-]. The van der Waals surface area contributed by atoms with Crippen molar-refractivity contribution in [2.45, 2.75) is 38.5 Å². The predicted molar refractivity (Wildman–Crippen MR) is 52.4 cm³/mol. The van der Waals surface area contributed by atoms with E-state index in [-0.39, 0.29) is 43.2 Å². The van der Waals surface area contributed by atoms with Crippen molar-refractivity contribution >= 4 is 37.8 Å². The van der Waals surface area contributed by atoms with Gasteiger partial charge in [-0.15, -0.1) is 0 Å². The predicted octanol–water partition coefficient (Wildman–Crippen LogP) is -1.48. The van der Waals surface area contributed by atoms with Crippen molar-refractivity contribution in [2.24, 2.45) is 11.8 Å². The number of carboxylic acid groups (broad SMARTS) is 2. The van der Waals surface area contributed by atoms with Crippen LogP contribution in [0.3, 0.4) is 0 Å². The molecule has 2 fully saturated rings. The number of hydrogen-bond donors (Lipinski definition) is 0. The van der Waals surface area contributed by atoms with E-state index >= 15 is 0 Å². The Labute approximate surface area is 113 Å². The molecule has 0 radical (unpaired) electrons. The van der Waals surface area contributed by atoms with Crippen LogP contribution >= 0.6 is 0 Å². The van der Waals surface area contributed by atoms with Crippen LogP contribution in [0.25, 0.3) is 0 Å². The van der Waals surface area contributed by atoms with Crippen molar-refractivity contribution in [3.05, 3.63) is 0 Å². The molecule has 0 unspecified atom stereocenters. The summed E-state index contributed by atoms with van der Waals surface area (Å²) < 4.78 is 0. The number of carbonyl (C=O) groups excluding carboxylic acids is 2. The molecular weight excluding hydrogens is 315 g/mol. The fourth-order valence-corrected chi connectivity index (χ4v) is 1.29. The normalized spacial score (nSPS) is 18.5. The van der Waals surface area contributed by atoms with Crippen molar-refractivity contribution in [1.29, 1.82) is 0 Å². The van der Waals surface area contributed by atoms with Crippen LogP contribution < -0.4 is 10.2 Å². The van der Waals surface area contributed by atoms with Gasteiger partial charge in [0.2, 0.25) is 0 Å². The monoisotopic (exact) mass is 330 g/mol. The summed E-state index contributed by atoms with van der Waals surface area (Å²) in [7, 11) is 0. The summed E-state index contributed by atoms with van der Waals surface area (Å²) in [5.74, 6) is -1.96. The molecule has 0 aromatic heterocycles. The summed E-state index contributed by atoms with van der Waals surface area (Å²) in [4.78, 5) is 19.7. The Morgan fingerprint density at radius 1 is 0.812 bits per heavy atom. The van der Waals surface area contributed by atoms with Gasteiger partial charge in [-0.25, -0.2) is 0 Å². The van der Waals surface area contributed by atoms with Gasteiger partial charge < -0.3 is 25.3 Å². The molecule has 0 amide bonds. The van der Waals surface area contributed by atoms with Crippen LogP contribution in [-0.4, -0.2) is 43.3 Å². The second-order valence-electron chi connectivity index (χ2n) is 3.89. The largest absolute Gasteiger partial charge is 3.00 e. The standard InChI is InChI=1S/2C5H8O2.In.H2O/c2*6-5(7)4-2-1-3-4;;/h2*4H,1-3H2,(H,6,7);;1H2/q;;+3;/p-3. The minimum atomic E-state index is -0.869. The average Bonchev–Trinajstić information content (AvgIpc) is 1.74. The van der Waals surface area contributed by atoms with E-state index in [9.17, 15) is 19.8 Å². The Morgan fingerprint density at radius 2 is 1.06 bits per heavy atom. The van der Waals surface area contributed by atoms with Crippen LogP contribution in [0.2, 0.25) is 0 Å². The van der Waals surface area contributed by atoms with Crippen LogP contribution in [0.4, 0.5) is 0 Å². The Balaban J connectivity index is 0. The molecule has 5 nitrogen and oxygen atoms in total. The minimum Gasteiger partial charge on any atom is -0.870 e. The van der Waals surface area contributed by atoms with Crippen LogP contribution in [0.15, 0.2) is 0 Å². The third-order valence-electron chi connectivity index (χ3n) is 2.88. The van der Waals surface area contributed by atoms with Crippen LogP contribution in [0, 0.1) is 11.8 Å². The zero-order chi connectivity index (χ0) is 10.6. The average molecular weight is 330 g/mol. The topological polar surface area (TPSA) is 110 Å². The first-order valence-corrected chi connectivity index (χ1v) is 5.03. The zero-order valence-electron chi connectivity index (χ0n) is 9.05. The van der Waals surface area contributed by atoms with E-state index in [4.69, 9.17) is 0 Å². The second kappa shape index (κ2) is 8.87. The fourth-order valence-electron chi connectivity index (χ4n) is 1.29. The molecule has 88 valence electrons. The van der Waals surface area contributed by atoms with Gasteiger partial charge in [0.25, 0.3) is 0 Å². The van der Waals surface area contributed by atoms with E-state index in [0.717, 1.165) is 38.5 Å². The Morgan fingerprint density at radius 3 is 1.06 bits per heavy atom. The van der Waals surface area contributed by atoms with Gasteiger partial charge in [-0.3, -0.25) is 0 Å². The van der Waals surface area contributed by atoms with Crippen LogP contribution in [-0.2, 0) is 9.59 Å². The van der Waals surface area contributed by atoms with Gasteiger partial charge in [0, 0.05) is 11.9 Å². The van der Waals surface area contributed by atoms with Crippen molar-refractivity contribution in [2.75, 3.05) is 0 Å². The number of carbonyl (C=O) groups is 2. The van der Waals surface area contributed by atoms with Crippen LogP contribution in [0.1, 0.15) is 38.5 Å². The molecule has 2 saturated carbocycles. The van der Waals surface area contributed by atoms with E-state index in [1.165, 1.54) is 0 Å². The van der Waals surface area contributed by atoms with Crippen molar-refractivity contribution in [3.8, 4) is 0 Å². The zero-order valence-corrected chi connectivity index (χ0v) is 12.4. The smallest absolute Gasteiger partial charge is 0.870 e. The number of aliphatic carboxylic acids is 2. The van der Waals surface area contributed by atoms with E-state index < -0.39 is 11.9 Å². The summed E-state index contributed by atoms with van der Waals surface area (Å²) in [5.41, 5.74) is 0. The maximum atomic E-state index is 9.87. The fraction of sp³-hybridized carbons (Fsp3) is 0.800. The summed E-state index contributed by atoms with van der Waals surface area (Å²) in [6.45, 7) is 0. The maximum absolute atomic E-state index is 9.87. The van der Waals surface area contributed by atoms with Gasteiger partial charge in [-0.05, 0) is 37.5 Å². The maximum Gasteiger partial charge on any atom is 3.00 e. The van der Waals surface area contributed by atoms with E-state index in [0.29, 0.717) is 0 Å². The third kappa shape index (κ3) is 5.75. The molecule has 2 aliphatic rings. The van der Waals surface area contributed by atoms with Crippen molar-refractivity contribution in [1.82, 2.24) is 0 Å². The summed E-state index contributed by atoms with van der Waals surface area (Å²) in [5, 5.41) is 19.7. The molecule has 1 N–H and O–H groups in total. The summed E-state index contributed by atoms with van der Waals surface area (Å²) >= 11 is 0. The van der Waals surface area contributed by atoms with Gasteiger partial charge in [0.1, 0.15) is 0 Å². The molecule has 0 aliphatic heterocycles. The Kier molecular flexibility index (Phi) is 10.1. The minimum absolute atomic E-state index is 0. The molecular formula is C10H15InO5. The molecule has 0 heterocycles. The second-order valence-corrected chi connectivity index (χ2v) is 3.89. The number of rotatable bonds is 2. The molecule has 0 atom stereocenters. The molecule has 6 heteroatoms. The van der Waals surface area contributed by atoms with E-state index in [1.54, 1.807) is 0 Å². The van der Waals surface area contributed by atoms with Gasteiger partial charge in [0.05, 0.1) is 0 Å². The molecule has 0 aromatic carbocycles. The molecule has 2 rings (SSSR count). The van der Waals surface area contributed by atoms with Gasteiger partial charge in [-0.1, -0.05) is 12.8 Å². The van der Waals surface area contributed by atoms with Crippen molar-refractivity contribution < 1.29 is 25.3 Å². The first kappa shape index (κ1) is 18.1. The van der Waals surface area contributed by atoms with Gasteiger partial charge in [-0.2, -0.15) is 0 Å². The quantitative estimate of drug-likeness (QED) is 0.613. The first-order valence-electron chi connectivity index (χ1n) is 5.03. The third-order valence-corrected chi connectivity index (χ3v) is 2.88. The molecule has 16 heavy (non-hydrogen) atoms. The Hall–Kier alpha value is -0.230. The number of carboxylic acids is 2. The molecule has 0 aromatic rings. The molecule has 0 spiro atoms. The van der Waals surface area contributed by atoms with E-state index in [2.05, 4.69) is 0 Å². The first-order chi connectivity index (χ1) is 6.61.